The molecule has 98 valence electrons. The highest BCUT2D eigenvalue weighted by molar-refractivity contribution is 6.31. The molecule has 0 radical (unpaired) electrons. The number of nitrogens with two attached hydrogens (primary N) is 1. The standard InChI is InChI=1S/C14H18ClNO2/c1-3-4-12(17-2)14(16)13-8-9-7-10(15)5-6-11(9)18-13/h5-8,12,14H,3-4,16H2,1-2H3. The Balaban J connectivity index is 2.29. The lowest BCUT2D eigenvalue weighted by atomic mass is 10.0. The number of benzene rings is 1. The van der Waals surface area contributed by atoms with Crippen molar-refractivity contribution in [1.29, 1.82) is 0 Å². The van der Waals surface area contributed by atoms with Crippen LogP contribution >= 0.6 is 11.6 Å². The highest BCUT2D eigenvalue weighted by Crippen LogP contribution is 2.28. The fourth-order valence-corrected chi connectivity index (χ4v) is 2.29. The first kappa shape index (κ1) is 13.4. The molecule has 0 aliphatic rings. The number of furan rings is 1. The predicted octanol–water partition coefficient (Wildman–Crippen LogP) is 3.90. The summed E-state index contributed by atoms with van der Waals surface area (Å²) in [7, 11) is 1.68. The minimum Gasteiger partial charge on any atom is -0.459 e. The molecule has 0 amide bonds. The summed E-state index contributed by atoms with van der Waals surface area (Å²) in [6, 6.07) is 7.23. The molecular formula is C14H18ClNO2. The average Bonchev–Trinajstić information content (AvgIpc) is 2.77. The molecule has 2 N–H and O–H groups in total. The molecule has 2 unspecified atom stereocenters. The van der Waals surface area contributed by atoms with Gasteiger partial charge in [-0.3, -0.25) is 0 Å². The molecule has 1 heterocycles. The van der Waals surface area contributed by atoms with Crippen molar-refractivity contribution in [1.82, 2.24) is 0 Å². The number of halogens is 1. The van der Waals surface area contributed by atoms with Gasteiger partial charge in [0.15, 0.2) is 0 Å². The Bertz CT molecular complexity index is 523. The van der Waals surface area contributed by atoms with Crippen molar-refractivity contribution in [3.8, 4) is 0 Å². The van der Waals surface area contributed by atoms with Crippen LogP contribution in [-0.2, 0) is 4.74 Å². The predicted molar refractivity (Wildman–Crippen MR) is 73.9 cm³/mol. The first-order valence-electron chi connectivity index (χ1n) is 6.13. The van der Waals surface area contributed by atoms with Gasteiger partial charge in [-0.15, -0.1) is 0 Å². The molecule has 18 heavy (non-hydrogen) atoms. The summed E-state index contributed by atoms with van der Waals surface area (Å²) in [5.74, 6) is 0.743. The molecule has 2 rings (SSSR count). The van der Waals surface area contributed by atoms with Gasteiger partial charge < -0.3 is 14.9 Å². The van der Waals surface area contributed by atoms with E-state index in [1.54, 1.807) is 7.11 Å². The van der Waals surface area contributed by atoms with Gasteiger partial charge in [-0.25, -0.2) is 0 Å². The van der Waals surface area contributed by atoms with E-state index < -0.39 is 0 Å². The molecule has 1 aromatic carbocycles. The van der Waals surface area contributed by atoms with E-state index in [0.717, 1.165) is 29.6 Å². The monoisotopic (exact) mass is 267 g/mol. The molecule has 1 aromatic heterocycles. The van der Waals surface area contributed by atoms with Crippen LogP contribution in [-0.4, -0.2) is 13.2 Å². The van der Waals surface area contributed by atoms with Gasteiger partial charge in [-0.1, -0.05) is 24.9 Å². The maximum atomic E-state index is 6.19. The number of ether oxygens (including phenoxy) is 1. The van der Waals surface area contributed by atoms with Gasteiger partial charge in [-0.05, 0) is 30.7 Å². The Morgan fingerprint density at radius 2 is 2.17 bits per heavy atom. The van der Waals surface area contributed by atoms with Gasteiger partial charge in [0.1, 0.15) is 11.3 Å². The quantitative estimate of drug-likeness (QED) is 0.894. The summed E-state index contributed by atoms with van der Waals surface area (Å²) < 4.78 is 11.2. The summed E-state index contributed by atoms with van der Waals surface area (Å²) in [4.78, 5) is 0. The minimum absolute atomic E-state index is 0.0222. The molecule has 0 fully saturated rings. The van der Waals surface area contributed by atoms with Crippen molar-refractivity contribution in [3.63, 3.8) is 0 Å². The van der Waals surface area contributed by atoms with Crippen molar-refractivity contribution in [3.05, 3.63) is 35.0 Å². The van der Waals surface area contributed by atoms with E-state index in [4.69, 9.17) is 26.5 Å². The molecular weight excluding hydrogens is 250 g/mol. The van der Waals surface area contributed by atoms with E-state index in [0.29, 0.717) is 5.02 Å². The smallest absolute Gasteiger partial charge is 0.134 e. The number of fused-ring (bicyclic) bond motifs is 1. The van der Waals surface area contributed by atoms with E-state index in [9.17, 15) is 0 Å². The van der Waals surface area contributed by atoms with Gasteiger partial charge >= 0.3 is 0 Å². The molecule has 0 aliphatic carbocycles. The third kappa shape index (κ3) is 2.69. The van der Waals surface area contributed by atoms with Crippen molar-refractivity contribution in [2.24, 2.45) is 5.73 Å². The maximum Gasteiger partial charge on any atom is 0.134 e. The van der Waals surface area contributed by atoms with Crippen LogP contribution in [0.5, 0.6) is 0 Å². The lowest BCUT2D eigenvalue weighted by Gasteiger charge is -2.20. The molecule has 3 nitrogen and oxygen atoms in total. The van der Waals surface area contributed by atoms with Crippen LogP contribution in [0.1, 0.15) is 31.6 Å². The minimum atomic E-state index is -0.249. The second-order valence-corrected chi connectivity index (χ2v) is 4.86. The van der Waals surface area contributed by atoms with Crippen molar-refractivity contribution in [2.45, 2.75) is 31.9 Å². The van der Waals surface area contributed by atoms with Crippen LogP contribution in [0.15, 0.2) is 28.7 Å². The largest absolute Gasteiger partial charge is 0.459 e. The lowest BCUT2D eigenvalue weighted by molar-refractivity contribution is 0.0668. The van der Waals surface area contributed by atoms with Crippen LogP contribution in [0.3, 0.4) is 0 Å². The van der Waals surface area contributed by atoms with Crippen LogP contribution in [0.2, 0.25) is 5.02 Å². The third-order valence-corrected chi connectivity index (χ3v) is 3.34. The van der Waals surface area contributed by atoms with Gasteiger partial charge in [0.25, 0.3) is 0 Å². The third-order valence-electron chi connectivity index (χ3n) is 3.10. The molecule has 0 saturated heterocycles. The number of hydrogen-bond acceptors (Lipinski definition) is 3. The normalized spacial score (nSPS) is 14.9. The summed E-state index contributed by atoms with van der Waals surface area (Å²) >= 11 is 5.95. The van der Waals surface area contributed by atoms with Crippen LogP contribution < -0.4 is 5.73 Å². The average molecular weight is 268 g/mol. The molecule has 2 aromatic rings. The first-order chi connectivity index (χ1) is 8.65. The molecule has 0 spiro atoms. The first-order valence-corrected chi connectivity index (χ1v) is 6.51. The molecule has 0 bridgehead atoms. The van der Waals surface area contributed by atoms with Crippen LogP contribution in [0.25, 0.3) is 11.0 Å². The van der Waals surface area contributed by atoms with Crippen molar-refractivity contribution in [2.75, 3.05) is 7.11 Å². The Hall–Kier alpha value is -1.03. The van der Waals surface area contributed by atoms with E-state index in [1.165, 1.54) is 0 Å². The zero-order valence-electron chi connectivity index (χ0n) is 10.7. The van der Waals surface area contributed by atoms with E-state index >= 15 is 0 Å². The van der Waals surface area contributed by atoms with Crippen LogP contribution in [0.4, 0.5) is 0 Å². The summed E-state index contributed by atoms with van der Waals surface area (Å²) in [6.45, 7) is 2.11. The van der Waals surface area contributed by atoms with E-state index in [2.05, 4.69) is 6.92 Å². The van der Waals surface area contributed by atoms with Crippen molar-refractivity contribution >= 4 is 22.6 Å². The molecule has 4 heteroatoms. The second-order valence-electron chi connectivity index (χ2n) is 4.42. The summed E-state index contributed by atoms with van der Waals surface area (Å²) in [5.41, 5.74) is 6.99. The Labute approximate surface area is 112 Å². The van der Waals surface area contributed by atoms with Gasteiger partial charge in [0, 0.05) is 17.5 Å². The molecule has 0 saturated carbocycles. The SMILES string of the molecule is CCCC(OC)C(N)c1cc2cc(Cl)ccc2o1. The van der Waals surface area contributed by atoms with Gasteiger partial charge in [0.05, 0.1) is 12.1 Å². The zero-order chi connectivity index (χ0) is 13.1. The fraction of sp³-hybridized carbons (Fsp3) is 0.429. The van der Waals surface area contributed by atoms with Crippen molar-refractivity contribution < 1.29 is 9.15 Å². The van der Waals surface area contributed by atoms with Crippen LogP contribution in [0, 0.1) is 0 Å². The molecule has 0 aliphatic heterocycles. The maximum absolute atomic E-state index is 6.19. The van der Waals surface area contributed by atoms with Gasteiger partial charge in [0.2, 0.25) is 0 Å². The Morgan fingerprint density at radius 1 is 1.39 bits per heavy atom. The highest BCUT2D eigenvalue weighted by atomic mass is 35.5. The Kier molecular flexibility index (Phi) is 4.27. The number of hydrogen-bond donors (Lipinski definition) is 1. The Morgan fingerprint density at radius 3 is 2.83 bits per heavy atom. The highest BCUT2D eigenvalue weighted by Gasteiger charge is 2.21. The second kappa shape index (κ2) is 5.74. The summed E-state index contributed by atoms with van der Waals surface area (Å²) in [6.07, 6.45) is 1.92. The van der Waals surface area contributed by atoms with E-state index in [1.807, 2.05) is 24.3 Å². The van der Waals surface area contributed by atoms with Gasteiger partial charge in [-0.2, -0.15) is 0 Å². The number of methoxy groups -OCH3 is 1. The summed E-state index contributed by atoms with van der Waals surface area (Å²) in [5, 5.41) is 1.67. The molecule has 2 atom stereocenters. The van der Waals surface area contributed by atoms with E-state index in [-0.39, 0.29) is 12.1 Å². The fourth-order valence-electron chi connectivity index (χ4n) is 2.11. The lowest BCUT2D eigenvalue weighted by Crippen LogP contribution is -2.27. The zero-order valence-corrected chi connectivity index (χ0v) is 11.4. The number of rotatable bonds is 5. The topological polar surface area (TPSA) is 48.4 Å².